The van der Waals surface area contributed by atoms with Crippen molar-refractivity contribution in [2.75, 3.05) is 0 Å². The Morgan fingerprint density at radius 2 is 0.756 bits per heavy atom. The van der Waals surface area contributed by atoms with Crippen LogP contribution in [0.4, 0.5) is 0 Å². The second-order valence-corrected chi connectivity index (χ2v) is 11.8. The van der Waals surface area contributed by atoms with Gasteiger partial charge in [-0.2, -0.15) is 0 Å². The zero-order valence-electron chi connectivity index (χ0n) is 22.0. The Hall–Kier alpha value is -4.86. The Morgan fingerprint density at radius 1 is 0.341 bits per heavy atom. The summed E-state index contributed by atoms with van der Waals surface area (Å²) in [5.41, 5.74) is 9.59. The zero-order valence-corrected chi connectivity index (χ0v) is 23.6. The summed E-state index contributed by atoms with van der Waals surface area (Å²) in [6, 6.07) is 46.3. The van der Waals surface area contributed by atoms with Crippen LogP contribution in [0.15, 0.2) is 132 Å². The standard InChI is InChI=1S/C38H23BrN2/c39-24-15-18-31-32(21-24)38(23-14-17-28-26-8-4-6-12-34(26)41-36(28)20-23)30-10-2-1-9-29(30)37(31)22-13-16-27-25-7-3-5-11-33(25)40-35(27)19-22/h1-21,40-41H. The number of rotatable bonds is 2. The van der Waals surface area contributed by atoms with Crippen LogP contribution in [0, 0.1) is 0 Å². The summed E-state index contributed by atoms with van der Waals surface area (Å²) in [7, 11) is 0. The number of fused-ring (bicyclic) bond motifs is 8. The van der Waals surface area contributed by atoms with Gasteiger partial charge in [0.1, 0.15) is 0 Å². The lowest BCUT2D eigenvalue weighted by Gasteiger charge is -2.18. The average molecular weight is 588 g/mol. The van der Waals surface area contributed by atoms with Crippen molar-refractivity contribution in [1.29, 1.82) is 0 Å². The lowest BCUT2D eigenvalue weighted by molar-refractivity contribution is 1.54. The van der Waals surface area contributed by atoms with Crippen molar-refractivity contribution < 1.29 is 0 Å². The minimum absolute atomic E-state index is 1.07. The average Bonchev–Trinajstić information content (AvgIpc) is 3.57. The second-order valence-electron chi connectivity index (χ2n) is 10.8. The summed E-state index contributed by atoms with van der Waals surface area (Å²) in [5.74, 6) is 0. The van der Waals surface area contributed by atoms with Crippen molar-refractivity contribution in [1.82, 2.24) is 9.97 Å². The van der Waals surface area contributed by atoms with Crippen molar-refractivity contribution in [3.63, 3.8) is 0 Å². The molecule has 0 fully saturated rings. The molecule has 0 aliphatic rings. The van der Waals surface area contributed by atoms with Crippen molar-refractivity contribution in [2.45, 2.75) is 0 Å². The smallest absolute Gasteiger partial charge is 0.0471 e. The minimum atomic E-state index is 1.07. The van der Waals surface area contributed by atoms with Crippen molar-refractivity contribution in [3.8, 4) is 22.3 Å². The van der Waals surface area contributed by atoms with Crippen LogP contribution in [0.25, 0.3) is 87.4 Å². The van der Waals surface area contributed by atoms with Gasteiger partial charge < -0.3 is 9.97 Å². The number of hydrogen-bond acceptors (Lipinski definition) is 0. The molecule has 3 heteroatoms. The molecule has 2 nitrogen and oxygen atoms in total. The highest BCUT2D eigenvalue weighted by molar-refractivity contribution is 9.10. The van der Waals surface area contributed by atoms with Crippen LogP contribution in [0.5, 0.6) is 0 Å². The lowest BCUT2D eigenvalue weighted by Crippen LogP contribution is -1.91. The molecule has 0 atom stereocenters. The SMILES string of the molecule is Brc1ccc2c(-c3ccc4c(c3)[nH]c3ccccc34)c3ccccc3c(-c3ccc4c(c3)[nH]c3ccccc34)c2c1. The molecule has 2 aromatic heterocycles. The molecule has 0 unspecified atom stereocenters. The number of hydrogen-bond donors (Lipinski definition) is 2. The van der Waals surface area contributed by atoms with Crippen LogP contribution in [-0.4, -0.2) is 9.97 Å². The molecule has 0 aliphatic carbocycles. The zero-order chi connectivity index (χ0) is 27.1. The Kier molecular flexibility index (Phi) is 4.79. The molecule has 41 heavy (non-hydrogen) atoms. The Balaban J connectivity index is 1.37. The van der Waals surface area contributed by atoms with E-state index in [1.165, 1.54) is 76.4 Å². The summed E-state index contributed by atoms with van der Waals surface area (Å²) in [5, 5.41) is 10.0. The summed E-state index contributed by atoms with van der Waals surface area (Å²) < 4.78 is 1.07. The number of para-hydroxylation sites is 2. The van der Waals surface area contributed by atoms with Crippen molar-refractivity contribution in [2.24, 2.45) is 0 Å². The van der Waals surface area contributed by atoms with E-state index >= 15 is 0 Å². The Bertz CT molecular complexity index is 2500. The number of H-pyrrole nitrogens is 2. The monoisotopic (exact) mass is 586 g/mol. The summed E-state index contributed by atoms with van der Waals surface area (Å²) in [6.07, 6.45) is 0. The molecular weight excluding hydrogens is 564 g/mol. The van der Waals surface area contributed by atoms with Gasteiger partial charge in [0, 0.05) is 48.1 Å². The first kappa shape index (κ1) is 22.9. The van der Waals surface area contributed by atoms with E-state index in [4.69, 9.17) is 0 Å². The van der Waals surface area contributed by atoms with Gasteiger partial charge in [-0.25, -0.2) is 0 Å². The molecule has 0 saturated carbocycles. The molecule has 7 aromatic carbocycles. The third kappa shape index (κ3) is 3.36. The van der Waals surface area contributed by atoms with Crippen LogP contribution in [0.2, 0.25) is 0 Å². The van der Waals surface area contributed by atoms with Crippen LogP contribution in [0.3, 0.4) is 0 Å². The lowest BCUT2D eigenvalue weighted by atomic mass is 9.85. The molecular formula is C38H23BrN2. The van der Waals surface area contributed by atoms with Gasteiger partial charge in [0.2, 0.25) is 0 Å². The molecule has 9 aromatic rings. The molecule has 0 bridgehead atoms. The van der Waals surface area contributed by atoms with E-state index in [0.29, 0.717) is 0 Å². The number of benzene rings is 7. The van der Waals surface area contributed by atoms with Crippen LogP contribution >= 0.6 is 15.9 Å². The molecule has 0 saturated heterocycles. The maximum Gasteiger partial charge on any atom is 0.0471 e. The van der Waals surface area contributed by atoms with E-state index in [2.05, 4.69) is 153 Å². The predicted molar refractivity (Wildman–Crippen MR) is 179 cm³/mol. The number of aromatic nitrogens is 2. The van der Waals surface area contributed by atoms with E-state index < -0.39 is 0 Å². The maximum absolute atomic E-state index is 3.79. The van der Waals surface area contributed by atoms with E-state index in [-0.39, 0.29) is 0 Å². The summed E-state index contributed by atoms with van der Waals surface area (Å²) in [4.78, 5) is 7.30. The minimum Gasteiger partial charge on any atom is -0.354 e. The third-order valence-electron chi connectivity index (χ3n) is 8.58. The fourth-order valence-electron chi connectivity index (χ4n) is 6.79. The van der Waals surface area contributed by atoms with Gasteiger partial charge in [-0.05, 0) is 80.2 Å². The highest BCUT2D eigenvalue weighted by Crippen LogP contribution is 2.45. The van der Waals surface area contributed by atoms with Gasteiger partial charge in [0.15, 0.2) is 0 Å². The van der Waals surface area contributed by atoms with Crippen molar-refractivity contribution >= 4 is 81.1 Å². The fraction of sp³-hybridized carbons (Fsp3) is 0. The molecule has 2 heterocycles. The summed E-state index contributed by atoms with van der Waals surface area (Å²) in [6.45, 7) is 0. The molecule has 9 rings (SSSR count). The van der Waals surface area contributed by atoms with Gasteiger partial charge in [-0.1, -0.05) is 107 Å². The molecule has 192 valence electrons. The van der Waals surface area contributed by atoms with E-state index in [1.54, 1.807) is 0 Å². The normalized spacial score (nSPS) is 12.0. The number of aromatic amines is 2. The molecule has 0 amide bonds. The maximum atomic E-state index is 3.79. The van der Waals surface area contributed by atoms with Crippen LogP contribution in [-0.2, 0) is 0 Å². The predicted octanol–water partition coefficient (Wildman–Crippen LogP) is 11.4. The summed E-state index contributed by atoms with van der Waals surface area (Å²) >= 11 is 3.79. The van der Waals surface area contributed by atoms with Crippen LogP contribution in [0.1, 0.15) is 0 Å². The first-order chi connectivity index (χ1) is 20.2. The van der Waals surface area contributed by atoms with Gasteiger partial charge in [0.05, 0.1) is 0 Å². The van der Waals surface area contributed by atoms with Gasteiger partial charge in [0.25, 0.3) is 0 Å². The quantitative estimate of drug-likeness (QED) is 0.189. The number of halogens is 1. The highest BCUT2D eigenvalue weighted by atomic mass is 79.9. The number of nitrogens with one attached hydrogen (secondary N) is 2. The van der Waals surface area contributed by atoms with Crippen LogP contribution < -0.4 is 0 Å². The van der Waals surface area contributed by atoms with Crippen molar-refractivity contribution in [3.05, 3.63) is 132 Å². The Morgan fingerprint density at radius 3 is 1.32 bits per heavy atom. The third-order valence-corrected chi connectivity index (χ3v) is 9.07. The fourth-order valence-corrected chi connectivity index (χ4v) is 7.15. The topological polar surface area (TPSA) is 31.6 Å². The second kappa shape index (κ2) is 8.57. The molecule has 0 spiro atoms. The largest absolute Gasteiger partial charge is 0.354 e. The molecule has 2 N–H and O–H groups in total. The van der Waals surface area contributed by atoms with Gasteiger partial charge in [-0.15, -0.1) is 0 Å². The van der Waals surface area contributed by atoms with Gasteiger partial charge >= 0.3 is 0 Å². The first-order valence-electron chi connectivity index (χ1n) is 13.9. The highest BCUT2D eigenvalue weighted by Gasteiger charge is 2.18. The molecule has 0 radical (unpaired) electrons. The van der Waals surface area contributed by atoms with E-state index in [0.717, 1.165) is 15.5 Å². The van der Waals surface area contributed by atoms with Gasteiger partial charge in [-0.3, -0.25) is 0 Å². The van der Waals surface area contributed by atoms with E-state index in [1.807, 2.05) is 0 Å². The molecule has 0 aliphatic heterocycles. The van der Waals surface area contributed by atoms with E-state index in [9.17, 15) is 0 Å². The Labute approximate surface area is 244 Å². The first-order valence-corrected chi connectivity index (χ1v) is 14.7.